The van der Waals surface area contributed by atoms with E-state index in [0.717, 1.165) is 12.1 Å². The third-order valence-corrected chi connectivity index (χ3v) is 2.61. The van der Waals surface area contributed by atoms with Gasteiger partial charge in [-0.05, 0) is 23.2 Å². The van der Waals surface area contributed by atoms with Crippen molar-refractivity contribution in [3.05, 3.63) is 38.9 Å². The van der Waals surface area contributed by atoms with Crippen LogP contribution in [0.25, 0.3) is 0 Å². The van der Waals surface area contributed by atoms with Crippen LogP contribution in [-0.2, 0) is 4.79 Å². The number of hydrogen-bond donors (Lipinski definition) is 0. The summed E-state index contributed by atoms with van der Waals surface area (Å²) in [4.78, 5) is 20.6. The SMILES string of the molecule is O=C(Cl)C(Cl)c1cc(Cl)cc([N+](=O)[O-])c1. The third kappa shape index (κ3) is 3.06. The maximum atomic E-state index is 10.8. The van der Waals surface area contributed by atoms with Gasteiger partial charge in [0.25, 0.3) is 5.69 Å². The lowest BCUT2D eigenvalue weighted by molar-refractivity contribution is -0.384. The van der Waals surface area contributed by atoms with Crippen molar-refractivity contribution < 1.29 is 9.72 Å². The van der Waals surface area contributed by atoms with Gasteiger partial charge in [0.1, 0.15) is 5.38 Å². The van der Waals surface area contributed by atoms with E-state index in [0.29, 0.717) is 0 Å². The third-order valence-electron chi connectivity index (χ3n) is 1.61. The summed E-state index contributed by atoms with van der Waals surface area (Å²) in [6.07, 6.45) is 0. The lowest BCUT2D eigenvalue weighted by atomic mass is 10.1. The van der Waals surface area contributed by atoms with Gasteiger partial charge in [-0.1, -0.05) is 11.6 Å². The summed E-state index contributed by atoms with van der Waals surface area (Å²) in [5.74, 6) is 0. The Balaban J connectivity index is 3.20. The zero-order chi connectivity index (χ0) is 11.6. The molecule has 4 nitrogen and oxygen atoms in total. The van der Waals surface area contributed by atoms with Crippen molar-refractivity contribution in [2.45, 2.75) is 5.38 Å². The zero-order valence-electron chi connectivity index (χ0n) is 7.12. The van der Waals surface area contributed by atoms with Crippen LogP contribution in [0, 0.1) is 10.1 Å². The van der Waals surface area contributed by atoms with E-state index >= 15 is 0 Å². The molecule has 0 N–H and O–H groups in total. The van der Waals surface area contributed by atoms with Gasteiger partial charge in [0.05, 0.1) is 4.92 Å². The number of carbonyl (C=O) groups excluding carboxylic acids is 1. The maximum absolute atomic E-state index is 10.8. The molecular weight excluding hydrogens is 264 g/mol. The number of halogens is 3. The summed E-state index contributed by atoms with van der Waals surface area (Å²) in [6.45, 7) is 0. The summed E-state index contributed by atoms with van der Waals surface area (Å²) in [5, 5.41) is 8.66. The Kier molecular flexibility index (Phi) is 3.90. The molecule has 1 rings (SSSR count). The first-order valence-corrected chi connectivity index (χ1v) is 4.89. The molecule has 0 saturated heterocycles. The first kappa shape index (κ1) is 12.2. The summed E-state index contributed by atoms with van der Waals surface area (Å²) in [7, 11) is 0. The molecule has 0 aliphatic carbocycles. The minimum Gasteiger partial charge on any atom is -0.279 e. The quantitative estimate of drug-likeness (QED) is 0.366. The van der Waals surface area contributed by atoms with Gasteiger partial charge in [0.2, 0.25) is 5.24 Å². The normalized spacial score (nSPS) is 12.2. The number of benzene rings is 1. The van der Waals surface area contributed by atoms with Gasteiger partial charge in [0.15, 0.2) is 0 Å². The topological polar surface area (TPSA) is 60.2 Å². The number of alkyl halides is 1. The minimum absolute atomic E-state index is 0.128. The van der Waals surface area contributed by atoms with Crippen molar-refractivity contribution in [2.24, 2.45) is 0 Å². The molecule has 1 unspecified atom stereocenters. The maximum Gasteiger partial charge on any atom is 0.271 e. The number of non-ortho nitro benzene ring substituents is 1. The lowest BCUT2D eigenvalue weighted by Gasteiger charge is -2.04. The molecule has 0 amide bonds. The van der Waals surface area contributed by atoms with Crippen LogP contribution in [0.1, 0.15) is 10.9 Å². The van der Waals surface area contributed by atoms with Crippen molar-refractivity contribution in [1.82, 2.24) is 0 Å². The molecule has 0 aromatic heterocycles. The summed E-state index contributed by atoms with van der Waals surface area (Å²) >= 11 is 16.4. The average molecular weight is 268 g/mol. The van der Waals surface area contributed by atoms with Crippen LogP contribution < -0.4 is 0 Å². The Bertz CT molecular complexity index is 422. The lowest BCUT2D eigenvalue weighted by Crippen LogP contribution is -2.00. The highest BCUT2D eigenvalue weighted by Crippen LogP contribution is 2.29. The molecule has 0 radical (unpaired) electrons. The average Bonchev–Trinajstić information content (AvgIpc) is 2.15. The van der Waals surface area contributed by atoms with Crippen molar-refractivity contribution in [3.63, 3.8) is 0 Å². The molecule has 0 aliphatic heterocycles. The van der Waals surface area contributed by atoms with Crippen LogP contribution in [0.15, 0.2) is 18.2 Å². The molecule has 1 aromatic rings. The van der Waals surface area contributed by atoms with E-state index in [4.69, 9.17) is 34.8 Å². The number of nitrogens with zero attached hydrogens (tertiary/aromatic N) is 1. The Hall–Kier alpha value is -0.840. The van der Waals surface area contributed by atoms with Crippen LogP contribution in [0.4, 0.5) is 5.69 Å². The summed E-state index contributed by atoms with van der Waals surface area (Å²) in [5.41, 5.74) is -0.0306. The molecule has 0 fully saturated rings. The van der Waals surface area contributed by atoms with Gasteiger partial charge < -0.3 is 0 Å². The standard InChI is InChI=1S/C8H4Cl3NO3/c9-5-1-4(7(10)8(11)13)2-6(3-5)12(14)15/h1-3,7H. The first-order valence-electron chi connectivity index (χ1n) is 3.70. The van der Waals surface area contributed by atoms with E-state index in [1.54, 1.807) is 0 Å². The predicted octanol–water partition coefficient (Wildman–Crippen LogP) is 3.29. The van der Waals surface area contributed by atoms with Crippen LogP contribution in [-0.4, -0.2) is 10.2 Å². The Morgan fingerprint density at radius 1 is 1.40 bits per heavy atom. The van der Waals surface area contributed by atoms with E-state index in [1.165, 1.54) is 6.07 Å². The van der Waals surface area contributed by atoms with Crippen LogP contribution in [0.3, 0.4) is 0 Å². The van der Waals surface area contributed by atoms with E-state index in [2.05, 4.69) is 0 Å². The second-order valence-corrected chi connectivity index (χ2v) is 3.91. The van der Waals surface area contributed by atoms with Gasteiger partial charge in [-0.2, -0.15) is 0 Å². The Labute approximate surface area is 99.9 Å². The number of nitro groups is 1. The van der Waals surface area contributed by atoms with E-state index < -0.39 is 15.5 Å². The molecule has 7 heteroatoms. The molecule has 1 aromatic carbocycles. The van der Waals surface area contributed by atoms with Crippen molar-refractivity contribution in [3.8, 4) is 0 Å². The van der Waals surface area contributed by atoms with Gasteiger partial charge in [-0.25, -0.2) is 0 Å². The van der Waals surface area contributed by atoms with Gasteiger partial charge in [0, 0.05) is 17.2 Å². The van der Waals surface area contributed by atoms with E-state index in [9.17, 15) is 14.9 Å². The molecule has 0 spiro atoms. The van der Waals surface area contributed by atoms with Crippen LogP contribution in [0.2, 0.25) is 5.02 Å². The van der Waals surface area contributed by atoms with Crippen LogP contribution >= 0.6 is 34.8 Å². The van der Waals surface area contributed by atoms with Crippen molar-refractivity contribution in [1.29, 1.82) is 0 Å². The molecule has 0 heterocycles. The van der Waals surface area contributed by atoms with Gasteiger partial charge >= 0.3 is 0 Å². The molecule has 80 valence electrons. The van der Waals surface area contributed by atoms with Gasteiger partial charge in [-0.3, -0.25) is 14.9 Å². The fraction of sp³-hybridized carbons (Fsp3) is 0.125. The molecule has 0 saturated carbocycles. The minimum atomic E-state index is -1.14. The number of rotatable bonds is 3. The number of carbonyl (C=O) groups is 1. The predicted molar refractivity (Wildman–Crippen MR) is 57.6 cm³/mol. The summed E-state index contributed by atoms with van der Waals surface area (Å²) in [6, 6.07) is 3.67. The number of hydrogen-bond acceptors (Lipinski definition) is 3. The molecule has 0 bridgehead atoms. The molecular formula is C8H4Cl3NO3. The second kappa shape index (κ2) is 4.79. The fourth-order valence-corrected chi connectivity index (χ4v) is 1.47. The highest BCUT2D eigenvalue weighted by Gasteiger charge is 2.19. The van der Waals surface area contributed by atoms with E-state index in [1.807, 2.05) is 0 Å². The molecule has 15 heavy (non-hydrogen) atoms. The van der Waals surface area contributed by atoms with E-state index in [-0.39, 0.29) is 16.3 Å². The second-order valence-electron chi connectivity index (χ2n) is 2.67. The van der Waals surface area contributed by atoms with Crippen molar-refractivity contribution >= 4 is 45.7 Å². The van der Waals surface area contributed by atoms with Crippen molar-refractivity contribution in [2.75, 3.05) is 0 Å². The number of nitro benzene ring substituents is 1. The highest BCUT2D eigenvalue weighted by molar-refractivity contribution is 6.68. The molecule has 1 atom stereocenters. The monoisotopic (exact) mass is 267 g/mol. The first-order chi connectivity index (χ1) is 6.91. The fourth-order valence-electron chi connectivity index (χ4n) is 0.979. The Morgan fingerprint density at radius 2 is 2.00 bits per heavy atom. The summed E-state index contributed by atoms with van der Waals surface area (Å²) < 4.78 is 0. The Morgan fingerprint density at radius 3 is 2.47 bits per heavy atom. The van der Waals surface area contributed by atoms with Gasteiger partial charge in [-0.15, -0.1) is 11.6 Å². The highest BCUT2D eigenvalue weighted by atomic mass is 35.5. The van der Waals surface area contributed by atoms with Crippen LogP contribution in [0.5, 0.6) is 0 Å². The molecule has 0 aliphatic rings. The smallest absolute Gasteiger partial charge is 0.271 e. The zero-order valence-corrected chi connectivity index (χ0v) is 9.38. The largest absolute Gasteiger partial charge is 0.279 e.